The second kappa shape index (κ2) is 25.6. The Hall–Kier alpha value is -0.670. The fraction of sp³-hybridized carbons (Fsp3) is 0.821. The Morgan fingerprint density at radius 2 is 0.871 bits per heavy atom. The molecule has 2 rings (SSSR count). The second-order valence-corrected chi connectivity index (χ2v) is 9.96. The van der Waals surface area contributed by atoms with Gasteiger partial charge in [-0.1, -0.05) is 115 Å². The highest BCUT2D eigenvalue weighted by Gasteiger charge is 2.02. The Morgan fingerprint density at radius 3 is 1.06 bits per heavy atom. The summed E-state index contributed by atoms with van der Waals surface area (Å²) in [6, 6.07) is 4.04. The van der Waals surface area contributed by atoms with Gasteiger partial charge in [0, 0.05) is 0 Å². The van der Waals surface area contributed by atoms with Crippen molar-refractivity contribution in [1.82, 2.24) is 4.90 Å². The number of thiophene rings is 1. The van der Waals surface area contributed by atoms with Gasteiger partial charge in [0.25, 0.3) is 0 Å². The van der Waals surface area contributed by atoms with E-state index in [9.17, 15) is 4.79 Å². The molecule has 182 valence electrons. The minimum Gasteiger partial charge on any atom is -0.304 e. The molecule has 0 aliphatic carbocycles. The van der Waals surface area contributed by atoms with Gasteiger partial charge in [0.1, 0.15) is 5.78 Å². The SMILES string of the molecule is CC(C)=O.CCN1CCCCCCCCCCCCCCCCCCC1.c1ccsc1. The summed E-state index contributed by atoms with van der Waals surface area (Å²) in [6.07, 6.45) is 25.1. The van der Waals surface area contributed by atoms with Crippen LogP contribution in [-0.2, 0) is 4.79 Å². The number of hydrogen-bond donors (Lipinski definition) is 0. The highest BCUT2D eigenvalue weighted by Crippen LogP contribution is 2.14. The van der Waals surface area contributed by atoms with Crippen molar-refractivity contribution in [1.29, 1.82) is 0 Å². The van der Waals surface area contributed by atoms with Gasteiger partial charge in [-0.2, -0.15) is 11.3 Å². The van der Waals surface area contributed by atoms with Crippen molar-refractivity contribution in [3.63, 3.8) is 0 Å². The van der Waals surface area contributed by atoms with Gasteiger partial charge in [-0.15, -0.1) is 0 Å². The normalized spacial score (nSPS) is 19.1. The topological polar surface area (TPSA) is 20.3 Å². The van der Waals surface area contributed by atoms with Crippen molar-refractivity contribution in [2.75, 3.05) is 19.6 Å². The number of nitrogens with zero attached hydrogens (tertiary/aromatic N) is 1. The molecule has 1 aliphatic heterocycles. The second-order valence-electron chi connectivity index (χ2n) is 9.15. The first-order valence-electron chi connectivity index (χ1n) is 13.3. The molecule has 2 nitrogen and oxygen atoms in total. The molecule has 0 saturated carbocycles. The maximum absolute atomic E-state index is 9.44. The summed E-state index contributed by atoms with van der Waals surface area (Å²) in [7, 11) is 0. The number of Topliss-reactive ketones (excluding diaryl/α,β-unsaturated/α-hetero) is 1. The summed E-state index contributed by atoms with van der Waals surface area (Å²) >= 11 is 1.71. The molecule has 0 N–H and O–H groups in total. The van der Waals surface area contributed by atoms with Crippen LogP contribution in [0.2, 0.25) is 0 Å². The monoisotopic (exact) mass is 451 g/mol. The van der Waals surface area contributed by atoms with E-state index >= 15 is 0 Å². The number of ketones is 1. The molecule has 1 saturated heterocycles. The molecule has 0 amide bonds. The Balaban J connectivity index is 0.000000824. The van der Waals surface area contributed by atoms with Gasteiger partial charge in [-0.05, 0) is 57.1 Å². The highest BCUT2D eigenvalue weighted by molar-refractivity contribution is 7.07. The van der Waals surface area contributed by atoms with Crippen molar-refractivity contribution in [2.24, 2.45) is 0 Å². The van der Waals surface area contributed by atoms with Crippen LogP contribution in [0.25, 0.3) is 0 Å². The maximum Gasteiger partial charge on any atom is 0.126 e. The Morgan fingerprint density at radius 1 is 0.613 bits per heavy atom. The molecule has 0 spiro atoms. The van der Waals surface area contributed by atoms with Gasteiger partial charge < -0.3 is 9.69 Å². The minimum absolute atomic E-state index is 0.167. The molecule has 3 heteroatoms. The molecule has 1 fully saturated rings. The molecule has 0 aromatic carbocycles. The lowest BCUT2D eigenvalue weighted by atomic mass is 10.0. The van der Waals surface area contributed by atoms with E-state index in [1.54, 1.807) is 11.3 Å². The van der Waals surface area contributed by atoms with Crippen molar-refractivity contribution in [2.45, 2.75) is 130 Å². The average molecular weight is 452 g/mol. The fourth-order valence-electron chi connectivity index (χ4n) is 3.98. The van der Waals surface area contributed by atoms with Crippen LogP contribution in [0.3, 0.4) is 0 Å². The largest absolute Gasteiger partial charge is 0.304 e. The van der Waals surface area contributed by atoms with Crippen molar-refractivity contribution in [3.8, 4) is 0 Å². The number of rotatable bonds is 1. The van der Waals surface area contributed by atoms with Gasteiger partial charge in [0.05, 0.1) is 0 Å². The van der Waals surface area contributed by atoms with Crippen LogP contribution in [-0.4, -0.2) is 30.3 Å². The van der Waals surface area contributed by atoms with Crippen LogP contribution in [0.15, 0.2) is 22.9 Å². The Labute approximate surface area is 199 Å². The van der Waals surface area contributed by atoms with E-state index in [0.717, 1.165) is 0 Å². The molecule has 31 heavy (non-hydrogen) atoms. The van der Waals surface area contributed by atoms with Crippen LogP contribution in [0.4, 0.5) is 0 Å². The lowest BCUT2D eigenvalue weighted by molar-refractivity contribution is -0.114. The van der Waals surface area contributed by atoms with E-state index in [0.29, 0.717) is 0 Å². The summed E-state index contributed by atoms with van der Waals surface area (Å²) in [6.45, 7) is 9.32. The smallest absolute Gasteiger partial charge is 0.126 e. The Bertz CT molecular complexity index is 405. The molecule has 0 bridgehead atoms. The first-order chi connectivity index (χ1) is 15.2. The van der Waals surface area contributed by atoms with E-state index in [-0.39, 0.29) is 5.78 Å². The first-order valence-corrected chi connectivity index (χ1v) is 14.3. The van der Waals surface area contributed by atoms with E-state index in [4.69, 9.17) is 0 Å². The molecule has 1 aromatic rings. The van der Waals surface area contributed by atoms with E-state index in [1.807, 2.05) is 22.9 Å². The van der Waals surface area contributed by atoms with Gasteiger partial charge in [-0.25, -0.2) is 0 Å². The third-order valence-electron chi connectivity index (χ3n) is 5.82. The summed E-state index contributed by atoms with van der Waals surface area (Å²) in [5.74, 6) is 0.167. The summed E-state index contributed by atoms with van der Waals surface area (Å²) < 4.78 is 0. The summed E-state index contributed by atoms with van der Waals surface area (Å²) in [5, 5.41) is 4.08. The summed E-state index contributed by atoms with van der Waals surface area (Å²) in [4.78, 5) is 12.1. The fourth-order valence-corrected chi connectivity index (χ4v) is 4.43. The number of carbonyl (C=O) groups excluding carboxylic acids is 1. The molecule has 0 radical (unpaired) electrons. The standard InChI is InChI=1S/C21H43N.C4H4S.C3H6O/c1-2-22-20-18-16-14-12-10-8-6-4-3-5-7-9-11-13-15-17-19-21-22;1-2-4-5-3-1;1-3(2)4/h2-21H2,1H3;1-4H;1-2H3. The summed E-state index contributed by atoms with van der Waals surface area (Å²) in [5.41, 5.74) is 0. The lowest BCUT2D eigenvalue weighted by Crippen LogP contribution is -2.25. The minimum atomic E-state index is 0.167. The van der Waals surface area contributed by atoms with Crippen LogP contribution in [0, 0.1) is 0 Å². The predicted molar refractivity (Wildman–Crippen MR) is 141 cm³/mol. The van der Waals surface area contributed by atoms with Crippen LogP contribution < -0.4 is 0 Å². The van der Waals surface area contributed by atoms with Crippen molar-refractivity contribution >= 4 is 17.1 Å². The van der Waals surface area contributed by atoms with E-state index in [2.05, 4.69) is 11.8 Å². The molecule has 0 unspecified atom stereocenters. The zero-order valence-electron chi connectivity index (χ0n) is 21.2. The molecule has 2 heterocycles. The van der Waals surface area contributed by atoms with Crippen molar-refractivity contribution in [3.05, 3.63) is 22.9 Å². The molecule has 1 aromatic heterocycles. The molecular weight excluding hydrogens is 398 g/mol. The molecular formula is C28H53NOS. The van der Waals surface area contributed by atoms with E-state index < -0.39 is 0 Å². The maximum atomic E-state index is 9.44. The molecule has 1 aliphatic rings. The highest BCUT2D eigenvalue weighted by atomic mass is 32.1. The quantitative estimate of drug-likeness (QED) is 0.424. The third-order valence-corrected chi connectivity index (χ3v) is 6.45. The van der Waals surface area contributed by atoms with Crippen LogP contribution in [0.1, 0.15) is 130 Å². The average Bonchev–Trinajstić information content (AvgIpc) is 3.33. The van der Waals surface area contributed by atoms with E-state index in [1.165, 1.54) is 143 Å². The lowest BCUT2D eigenvalue weighted by Gasteiger charge is -2.20. The zero-order valence-corrected chi connectivity index (χ0v) is 22.0. The van der Waals surface area contributed by atoms with Crippen LogP contribution in [0.5, 0.6) is 0 Å². The first kappa shape index (κ1) is 30.3. The van der Waals surface area contributed by atoms with Gasteiger partial charge >= 0.3 is 0 Å². The Kier molecular flexibility index (Phi) is 25.0. The third kappa shape index (κ3) is 27.3. The number of hydrogen-bond acceptors (Lipinski definition) is 3. The molecule has 0 atom stereocenters. The number of carbonyl (C=O) groups is 1. The van der Waals surface area contributed by atoms with Gasteiger partial charge in [0.2, 0.25) is 0 Å². The predicted octanol–water partition coefficient (Wildman–Crippen LogP) is 9.30. The van der Waals surface area contributed by atoms with Gasteiger partial charge in [0.15, 0.2) is 0 Å². The van der Waals surface area contributed by atoms with Crippen LogP contribution >= 0.6 is 11.3 Å². The van der Waals surface area contributed by atoms with Gasteiger partial charge in [-0.3, -0.25) is 0 Å². The van der Waals surface area contributed by atoms with Crippen molar-refractivity contribution < 1.29 is 4.79 Å². The zero-order chi connectivity index (χ0) is 22.8.